The molecule has 1 unspecified atom stereocenters. The normalized spacial score (nSPS) is 14.0. The number of hydrogen-bond donors (Lipinski definition) is 1. The maximum absolute atomic E-state index is 10.9. The van der Waals surface area contributed by atoms with Gasteiger partial charge in [0.25, 0.3) is 0 Å². The van der Waals surface area contributed by atoms with E-state index in [0.717, 1.165) is 11.1 Å². The Morgan fingerprint density at radius 1 is 0.905 bits per heavy atom. The number of halogens is 1. The average Bonchev–Trinajstić information content (AvgIpc) is 2.47. The Labute approximate surface area is 129 Å². The SMILES string of the molecule is CC(O)(Cc1cccc2ccccc12)c1ccccc1Cl. The number of fused-ring (bicyclic) bond motifs is 1. The topological polar surface area (TPSA) is 20.2 Å². The first-order valence-electron chi connectivity index (χ1n) is 7.02. The van der Waals surface area contributed by atoms with Crippen molar-refractivity contribution < 1.29 is 5.11 Å². The molecule has 0 aliphatic carbocycles. The van der Waals surface area contributed by atoms with Gasteiger partial charge >= 0.3 is 0 Å². The summed E-state index contributed by atoms with van der Waals surface area (Å²) >= 11 is 6.23. The van der Waals surface area contributed by atoms with Gasteiger partial charge in [0.2, 0.25) is 0 Å². The van der Waals surface area contributed by atoms with Gasteiger partial charge in [-0.15, -0.1) is 0 Å². The zero-order valence-corrected chi connectivity index (χ0v) is 12.6. The maximum Gasteiger partial charge on any atom is 0.0923 e. The predicted molar refractivity (Wildman–Crippen MR) is 88.7 cm³/mol. The molecule has 1 N–H and O–H groups in total. The fourth-order valence-corrected chi connectivity index (χ4v) is 3.15. The van der Waals surface area contributed by atoms with Crippen LogP contribution in [0.1, 0.15) is 18.1 Å². The summed E-state index contributed by atoms with van der Waals surface area (Å²) in [6, 6.07) is 21.9. The second-order valence-corrected chi connectivity index (χ2v) is 5.98. The second kappa shape index (κ2) is 5.51. The van der Waals surface area contributed by atoms with Crippen molar-refractivity contribution in [3.8, 4) is 0 Å². The first kappa shape index (κ1) is 14.1. The van der Waals surface area contributed by atoms with Crippen molar-refractivity contribution in [2.45, 2.75) is 18.9 Å². The third-order valence-corrected chi connectivity index (χ3v) is 4.20. The minimum Gasteiger partial charge on any atom is -0.385 e. The van der Waals surface area contributed by atoms with Crippen molar-refractivity contribution in [3.05, 3.63) is 82.9 Å². The van der Waals surface area contributed by atoms with E-state index in [2.05, 4.69) is 24.3 Å². The van der Waals surface area contributed by atoms with Crippen LogP contribution in [0.5, 0.6) is 0 Å². The van der Waals surface area contributed by atoms with Crippen LogP contribution in [0.4, 0.5) is 0 Å². The molecule has 0 spiro atoms. The molecule has 0 aromatic heterocycles. The van der Waals surface area contributed by atoms with E-state index in [0.29, 0.717) is 11.4 Å². The Morgan fingerprint density at radius 3 is 2.38 bits per heavy atom. The van der Waals surface area contributed by atoms with Crippen LogP contribution in [0.3, 0.4) is 0 Å². The lowest BCUT2D eigenvalue weighted by Gasteiger charge is -2.25. The molecule has 0 aliphatic heterocycles. The van der Waals surface area contributed by atoms with Gasteiger partial charge in [-0.1, -0.05) is 72.3 Å². The van der Waals surface area contributed by atoms with Gasteiger partial charge in [-0.25, -0.2) is 0 Å². The summed E-state index contributed by atoms with van der Waals surface area (Å²) in [6.07, 6.45) is 0.526. The highest BCUT2D eigenvalue weighted by atomic mass is 35.5. The molecular formula is C19H17ClO. The molecule has 0 radical (unpaired) electrons. The van der Waals surface area contributed by atoms with Crippen molar-refractivity contribution in [1.82, 2.24) is 0 Å². The average molecular weight is 297 g/mol. The van der Waals surface area contributed by atoms with Crippen LogP contribution in [-0.4, -0.2) is 5.11 Å². The van der Waals surface area contributed by atoms with Crippen molar-refractivity contribution in [3.63, 3.8) is 0 Å². The summed E-state index contributed by atoms with van der Waals surface area (Å²) in [4.78, 5) is 0. The standard InChI is InChI=1S/C19H17ClO/c1-19(21,17-11-4-5-12-18(17)20)13-15-9-6-8-14-7-2-3-10-16(14)15/h2-12,21H,13H2,1H3. The van der Waals surface area contributed by atoms with Crippen molar-refractivity contribution in [2.75, 3.05) is 0 Å². The first-order chi connectivity index (χ1) is 10.1. The Balaban J connectivity index is 2.04. The van der Waals surface area contributed by atoms with E-state index in [4.69, 9.17) is 11.6 Å². The molecule has 1 atom stereocenters. The van der Waals surface area contributed by atoms with E-state index >= 15 is 0 Å². The summed E-state index contributed by atoms with van der Waals surface area (Å²) in [5, 5.41) is 13.9. The van der Waals surface area contributed by atoms with Gasteiger partial charge < -0.3 is 5.11 Å². The maximum atomic E-state index is 10.9. The van der Waals surface area contributed by atoms with Crippen LogP contribution in [0.25, 0.3) is 10.8 Å². The molecule has 0 saturated carbocycles. The van der Waals surface area contributed by atoms with E-state index in [1.807, 2.05) is 49.4 Å². The van der Waals surface area contributed by atoms with Crippen molar-refractivity contribution in [2.24, 2.45) is 0 Å². The monoisotopic (exact) mass is 296 g/mol. The molecule has 3 aromatic carbocycles. The van der Waals surface area contributed by atoms with E-state index in [-0.39, 0.29) is 0 Å². The van der Waals surface area contributed by atoms with E-state index in [1.54, 1.807) is 0 Å². The Bertz CT molecular complexity index is 772. The van der Waals surface area contributed by atoms with Gasteiger partial charge in [0, 0.05) is 17.0 Å². The fourth-order valence-electron chi connectivity index (χ4n) is 2.81. The lowest BCUT2D eigenvalue weighted by molar-refractivity contribution is 0.0581. The smallest absolute Gasteiger partial charge is 0.0923 e. The Morgan fingerprint density at radius 2 is 1.57 bits per heavy atom. The number of rotatable bonds is 3. The minimum absolute atomic E-state index is 0.526. The highest BCUT2D eigenvalue weighted by Gasteiger charge is 2.26. The molecule has 1 nitrogen and oxygen atoms in total. The van der Waals surface area contributed by atoms with Crippen LogP contribution < -0.4 is 0 Å². The third kappa shape index (κ3) is 2.80. The van der Waals surface area contributed by atoms with Gasteiger partial charge in [0.15, 0.2) is 0 Å². The van der Waals surface area contributed by atoms with Crippen LogP contribution in [0, 0.1) is 0 Å². The van der Waals surface area contributed by atoms with E-state index in [1.165, 1.54) is 10.8 Å². The molecule has 0 aliphatic rings. The molecule has 3 rings (SSSR count). The quantitative estimate of drug-likeness (QED) is 0.725. The van der Waals surface area contributed by atoms with Gasteiger partial charge in [-0.05, 0) is 29.3 Å². The molecular weight excluding hydrogens is 280 g/mol. The zero-order chi connectivity index (χ0) is 14.9. The van der Waals surface area contributed by atoms with E-state index < -0.39 is 5.60 Å². The third-order valence-electron chi connectivity index (χ3n) is 3.87. The van der Waals surface area contributed by atoms with Gasteiger partial charge in [0.05, 0.1) is 5.60 Å². The van der Waals surface area contributed by atoms with Crippen LogP contribution in [-0.2, 0) is 12.0 Å². The summed E-state index contributed by atoms with van der Waals surface area (Å²) < 4.78 is 0. The van der Waals surface area contributed by atoms with Crippen LogP contribution >= 0.6 is 11.6 Å². The first-order valence-corrected chi connectivity index (χ1v) is 7.40. The number of hydrogen-bond acceptors (Lipinski definition) is 1. The van der Waals surface area contributed by atoms with Gasteiger partial charge in [-0.2, -0.15) is 0 Å². The summed E-state index contributed by atoms with van der Waals surface area (Å²) in [6.45, 7) is 1.82. The molecule has 0 fully saturated rings. The van der Waals surface area contributed by atoms with Gasteiger partial charge in [-0.3, -0.25) is 0 Å². The van der Waals surface area contributed by atoms with Crippen LogP contribution in [0.2, 0.25) is 5.02 Å². The van der Waals surface area contributed by atoms with Crippen LogP contribution in [0.15, 0.2) is 66.7 Å². The van der Waals surface area contributed by atoms with Crippen molar-refractivity contribution in [1.29, 1.82) is 0 Å². The molecule has 21 heavy (non-hydrogen) atoms. The Hall–Kier alpha value is -1.83. The summed E-state index contributed by atoms with van der Waals surface area (Å²) in [5.74, 6) is 0. The molecule has 0 heterocycles. The highest BCUT2D eigenvalue weighted by Crippen LogP contribution is 2.32. The molecule has 106 valence electrons. The zero-order valence-electron chi connectivity index (χ0n) is 11.9. The molecule has 3 aromatic rings. The minimum atomic E-state index is -0.998. The second-order valence-electron chi connectivity index (χ2n) is 5.57. The molecule has 2 heteroatoms. The summed E-state index contributed by atoms with van der Waals surface area (Å²) in [7, 11) is 0. The lowest BCUT2D eigenvalue weighted by Crippen LogP contribution is -2.24. The van der Waals surface area contributed by atoms with E-state index in [9.17, 15) is 5.11 Å². The van der Waals surface area contributed by atoms with Crippen molar-refractivity contribution >= 4 is 22.4 Å². The molecule has 0 saturated heterocycles. The van der Waals surface area contributed by atoms with Gasteiger partial charge in [0.1, 0.15) is 0 Å². The Kier molecular flexibility index (Phi) is 3.71. The summed E-state index contributed by atoms with van der Waals surface area (Å²) in [5.41, 5.74) is 0.889. The lowest BCUT2D eigenvalue weighted by atomic mass is 9.87. The predicted octanol–water partition coefficient (Wildman–Crippen LogP) is 4.94. The number of aliphatic hydroxyl groups is 1. The molecule has 0 bridgehead atoms. The highest BCUT2D eigenvalue weighted by molar-refractivity contribution is 6.31. The molecule has 0 amide bonds. The fraction of sp³-hybridized carbons (Fsp3) is 0.158. The largest absolute Gasteiger partial charge is 0.385 e. The number of benzene rings is 3.